The summed E-state index contributed by atoms with van der Waals surface area (Å²) in [5.41, 5.74) is 0. The van der Waals surface area contributed by atoms with E-state index in [-0.39, 0.29) is 37.6 Å². The first-order valence-corrected chi connectivity index (χ1v) is 10.3. The van der Waals surface area contributed by atoms with Crippen LogP contribution in [0.5, 0.6) is 0 Å². The van der Waals surface area contributed by atoms with E-state index in [0.717, 1.165) is 32.5 Å². The maximum absolute atomic E-state index is 10.4. The van der Waals surface area contributed by atoms with Gasteiger partial charge in [0.25, 0.3) is 0 Å². The van der Waals surface area contributed by atoms with Crippen LogP contribution in [0.1, 0.15) is 86.4 Å². The Balaban J connectivity index is -0.000000250. The third-order valence-corrected chi connectivity index (χ3v) is 3.68. The van der Waals surface area contributed by atoms with E-state index in [1.165, 1.54) is 44.9 Å². The average molecular weight is 364 g/mol. The molecule has 0 aliphatic heterocycles. The summed E-state index contributed by atoms with van der Waals surface area (Å²) in [6.45, 7) is 8.06. The molecule has 0 rings (SSSR count). The van der Waals surface area contributed by atoms with Crippen LogP contribution < -0.4 is 29.6 Å². The van der Waals surface area contributed by atoms with E-state index in [1.807, 2.05) is 13.8 Å². The van der Waals surface area contributed by atoms with Crippen molar-refractivity contribution in [3.05, 3.63) is 0 Å². The third-order valence-electron chi connectivity index (χ3n) is 3.17. The van der Waals surface area contributed by atoms with Crippen molar-refractivity contribution in [2.24, 2.45) is 0 Å². The maximum atomic E-state index is 10.4. The predicted molar refractivity (Wildman–Crippen MR) is 93.1 cm³/mol. The molecule has 0 fully saturated rings. The van der Waals surface area contributed by atoms with Crippen molar-refractivity contribution in [1.29, 1.82) is 0 Å². The molecule has 0 aromatic rings. The molecule has 0 atom stereocenters. The molecule has 0 aromatic heterocycles. The van der Waals surface area contributed by atoms with Gasteiger partial charge in [-0.05, 0) is 20.3 Å². The smallest absolute Gasteiger partial charge is 1.00 e. The zero-order chi connectivity index (χ0) is 17.1. The van der Waals surface area contributed by atoms with Crippen LogP contribution in [0.15, 0.2) is 0 Å². The number of phosphoric ester groups is 1. The monoisotopic (exact) mass is 364 g/mol. The molecule has 0 saturated carbocycles. The summed E-state index contributed by atoms with van der Waals surface area (Å²) in [4.78, 5) is 16.9. The van der Waals surface area contributed by atoms with Gasteiger partial charge in [-0.2, -0.15) is 0 Å². The first-order chi connectivity index (χ1) is 10.5. The summed E-state index contributed by atoms with van der Waals surface area (Å²) in [7, 11) is -4.24. The Kier molecular flexibility index (Phi) is 28.9. The summed E-state index contributed by atoms with van der Waals surface area (Å²) in [6.07, 6.45) is 12.0. The van der Waals surface area contributed by atoms with Gasteiger partial charge in [-0.25, -0.2) is 4.57 Å². The second-order valence-electron chi connectivity index (χ2n) is 5.29. The van der Waals surface area contributed by atoms with Gasteiger partial charge in [0, 0.05) is 13.2 Å². The molecule has 7 heteroatoms. The van der Waals surface area contributed by atoms with Crippen molar-refractivity contribution in [3.8, 4) is 0 Å². The van der Waals surface area contributed by atoms with E-state index in [2.05, 4.69) is 11.4 Å². The molecule has 0 unspecified atom stereocenters. The molecule has 0 aromatic carbocycles. The predicted octanol–water partition coefficient (Wildman–Crippen LogP) is 2.18. The van der Waals surface area contributed by atoms with Crippen molar-refractivity contribution in [3.63, 3.8) is 0 Å². The Morgan fingerprint density at radius 2 is 1.17 bits per heavy atom. The first kappa shape index (κ1) is 28.9. The summed E-state index contributed by atoms with van der Waals surface area (Å²) in [5, 5.41) is 0. The number of phosphoric acid groups is 1. The molecule has 2 N–H and O–H groups in total. The van der Waals surface area contributed by atoms with E-state index in [1.54, 1.807) is 0 Å². The van der Waals surface area contributed by atoms with Gasteiger partial charge in [0.05, 0.1) is 6.61 Å². The summed E-state index contributed by atoms with van der Waals surface area (Å²) >= 11 is 0. The van der Waals surface area contributed by atoms with Crippen LogP contribution in [0.3, 0.4) is 0 Å². The number of hydrogen-bond acceptors (Lipinski definition) is 3. The minimum absolute atomic E-state index is 0. The van der Waals surface area contributed by atoms with Crippen LogP contribution in [0.2, 0.25) is 0 Å². The van der Waals surface area contributed by atoms with E-state index in [4.69, 9.17) is 14.5 Å². The van der Waals surface area contributed by atoms with Crippen LogP contribution >= 0.6 is 7.82 Å². The fraction of sp³-hybridized carbons (Fsp3) is 1.00. The molecule has 23 heavy (non-hydrogen) atoms. The SMILES string of the molecule is CCCCCCCCCCCCOP(=O)(O)O.CCOCC.[H-].[Na+]. The number of unbranched alkanes of at least 4 members (excludes halogenated alkanes) is 9. The van der Waals surface area contributed by atoms with Gasteiger partial charge in [0.1, 0.15) is 0 Å². The quantitative estimate of drug-likeness (QED) is 0.281. The molecule has 0 radical (unpaired) electrons. The Bertz CT molecular complexity index is 253. The first-order valence-electron chi connectivity index (χ1n) is 8.75. The minimum atomic E-state index is -4.24. The molecule has 0 heterocycles. The second kappa shape index (κ2) is 23.1. The Hall–Kier alpha value is 1.07. The van der Waals surface area contributed by atoms with Crippen LogP contribution in [0.4, 0.5) is 0 Å². The Morgan fingerprint density at radius 1 is 0.783 bits per heavy atom. The molecule has 0 bridgehead atoms. The van der Waals surface area contributed by atoms with Crippen molar-refractivity contribution in [1.82, 2.24) is 0 Å². The average Bonchev–Trinajstić information content (AvgIpc) is 2.45. The van der Waals surface area contributed by atoms with Gasteiger partial charge in [-0.1, -0.05) is 64.7 Å². The number of rotatable bonds is 14. The Morgan fingerprint density at radius 3 is 1.48 bits per heavy atom. The van der Waals surface area contributed by atoms with Gasteiger partial charge < -0.3 is 16.0 Å². The molecule has 0 aliphatic carbocycles. The fourth-order valence-electron chi connectivity index (χ4n) is 1.98. The molecule has 0 spiro atoms. The molecule has 138 valence electrons. The maximum Gasteiger partial charge on any atom is 1.00 e. The number of hydrogen-bond donors (Lipinski definition) is 2. The molecular formula is C16H38NaO5P. The Labute approximate surface area is 166 Å². The van der Waals surface area contributed by atoms with Gasteiger partial charge >= 0.3 is 37.4 Å². The van der Waals surface area contributed by atoms with Crippen LogP contribution in [0, 0.1) is 0 Å². The normalized spacial score (nSPS) is 10.7. The summed E-state index contributed by atoms with van der Waals surface area (Å²) < 4.78 is 19.6. The standard InChI is InChI=1S/C12H27O4P.C4H10O.Na.H/c1-2-3-4-5-6-7-8-9-10-11-12-16-17(13,14)15;1-3-5-4-2;;/h2-12H2,1H3,(H2,13,14,15);3-4H2,1-2H3;;/q;;+1;-1. The van der Waals surface area contributed by atoms with Gasteiger partial charge in [0.2, 0.25) is 0 Å². The van der Waals surface area contributed by atoms with E-state index >= 15 is 0 Å². The van der Waals surface area contributed by atoms with Crippen molar-refractivity contribution < 1.29 is 54.6 Å². The fourth-order valence-corrected chi connectivity index (χ4v) is 2.34. The van der Waals surface area contributed by atoms with Crippen LogP contribution in [-0.4, -0.2) is 29.6 Å². The van der Waals surface area contributed by atoms with Crippen molar-refractivity contribution in [2.45, 2.75) is 85.0 Å². The third kappa shape index (κ3) is 35.1. The van der Waals surface area contributed by atoms with Crippen LogP contribution in [0.25, 0.3) is 0 Å². The summed E-state index contributed by atoms with van der Waals surface area (Å²) in [5.74, 6) is 0. The second-order valence-corrected chi connectivity index (χ2v) is 6.53. The summed E-state index contributed by atoms with van der Waals surface area (Å²) in [6, 6.07) is 0. The van der Waals surface area contributed by atoms with E-state index in [9.17, 15) is 4.57 Å². The molecule has 0 amide bonds. The zero-order valence-corrected chi connectivity index (χ0v) is 18.7. The number of ether oxygens (including phenoxy) is 1. The van der Waals surface area contributed by atoms with E-state index < -0.39 is 7.82 Å². The molecular weight excluding hydrogens is 326 g/mol. The van der Waals surface area contributed by atoms with Crippen molar-refractivity contribution in [2.75, 3.05) is 19.8 Å². The molecule has 0 saturated heterocycles. The van der Waals surface area contributed by atoms with Crippen LogP contribution in [-0.2, 0) is 13.8 Å². The largest absolute Gasteiger partial charge is 1.00 e. The zero-order valence-electron chi connectivity index (χ0n) is 16.8. The van der Waals surface area contributed by atoms with E-state index in [0.29, 0.717) is 0 Å². The topological polar surface area (TPSA) is 76.0 Å². The van der Waals surface area contributed by atoms with Gasteiger partial charge in [-0.3, -0.25) is 4.52 Å². The van der Waals surface area contributed by atoms with Crippen molar-refractivity contribution >= 4 is 7.82 Å². The van der Waals surface area contributed by atoms with Gasteiger partial charge in [0.15, 0.2) is 0 Å². The molecule has 0 aliphatic rings. The minimum Gasteiger partial charge on any atom is -1.00 e. The van der Waals surface area contributed by atoms with Gasteiger partial charge in [-0.15, -0.1) is 0 Å². The molecule has 5 nitrogen and oxygen atoms in total.